The Labute approximate surface area is 162 Å². The molecule has 0 unspecified atom stereocenters. The monoisotopic (exact) mass is 411 g/mol. The van der Waals surface area contributed by atoms with Gasteiger partial charge in [-0.1, -0.05) is 0 Å². The molecule has 8 nitrogen and oxygen atoms in total. The molecule has 0 bridgehead atoms. The average Bonchev–Trinajstić information content (AvgIpc) is 2.67. The average molecular weight is 411 g/mol. The summed E-state index contributed by atoms with van der Waals surface area (Å²) in [5, 5.41) is 16.2. The third-order valence-corrected chi connectivity index (χ3v) is 4.13. The van der Waals surface area contributed by atoms with Crippen LogP contribution in [0.2, 0.25) is 0 Å². The maximum atomic E-state index is 13.0. The number of aromatic nitrogens is 1. The maximum Gasteiger partial charge on any atom is 0.317 e. The second-order valence-electron chi connectivity index (χ2n) is 5.27. The summed E-state index contributed by atoms with van der Waals surface area (Å²) in [7, 11) is 0. The molecule has 1 aromatic heterocycles. The van der Waals surface area contributed by atoms with Crippen LogP contribution in [0.4, 0.5) is 14.5 Å². The number of carbonyl (C=O) groups excluding carboxylic acids is 3. The van der Waals surface area contributed by atoms with Crippen LogP contribution in [0.25, 0.3) is 0 Å². The fraction of sp³-hybridized carbons (Fsp3) is 0.176. The number of anilines is 1. The summed E-state index contributed by atoms with van der Waals surface area (Å²) < 4.78 is 31.2. The van der Waals surface area contributed by atoms with Crippen molar-refractivity contribution in [3.63, 3.8) is 0 Å². The van der Waals surface area contributed by atoms with Gasteiger partial charge in [-0.25, -0.2) is 8.78 Å². The highest BCUT2D eigenvalue weighted by Crippen LogP contribution is 2.13. The van der Waals surface area contributed by atoms with E-state index in [9.17, 15) is 28.4 Å². The number of rotatable bonds is 8. The zero-order valence-corrected chi connectivity index (χ0v) is 15.1. The summed E-state index contributed by atoms with van der Waals surface area (Å²) in [6.45, 7) is -1.06. The molecule has 0 atom stereocenters. The van der Waals surface area contributed by atoms with Crippen molar-refractivity contribution in [1.29, 1.82) is 0 Å². The number of halogens is 2. The Bertz CT molecular complexity index is 882. The van der Waals surface area contributed by atoms with Gasteiger partial charge in [0.1, 0.15) is 5.75 Å². The SMILES string of the molecule is O=C(COC(=O)CSc1cccc[n+]1[O-])NCC(=O)Nc1ccc(F)c(F)c1. The molecule has 2 rings (SSSR count). The third kappa shape index (κ3) is 6.83. The van der Waals surface area contributed by atoms with Gasteiger partial charge in [0, 0.05) is 23.9 Å². The number of thioether (sulfide) groups is 1. The normalized spacial score (nSPS) is 10.2. The van der Waals surface area contributed by atoms with Gasteiger partial charge < -0.3 is 20.6 Å². The molecule has 0 saturated heterocycles. The number of nitrogens with zero attached hydrogens (tertiary/aromatic N) is 1. The van der Waals surface area contributed by atoms with Crippen molar-refractivity contribution in [1.82, 2.24) is 5.32 Å². The van der Waals surface area contributed by atoms with Crippen molar-refractivity contribution >= 4 is 35.2 Å². The topological polar surface area (TPSA) is 111 Å². The second kappa shape index (κ2) is 10.2. The zero-order chi connectivity index (χ0) is 20.5. The first-order chi connectivity index (χ1) is 13.3. The van der Waals surface area contributed by atoms with Crippen LogP contribution in [-0.4, -0.2) is 36.7 Å². The predicted molar refractivity (Wildman–Crippen MR) is 95.1 cm³/mol. The van der Waals surface area contributed by atoms with Gasteiger partial charge >= 0.3 is 5.97 Å². The summed E-state index contributed by atoms with van der Waals surface area (Å²) in [5.74, 6) is -4.46. The van der Waals surface area contributed by atoms with Gasteiger partial charge in [0.05, 0.1) is 6.54 Å². The summed E-state index contributed by atoms with van der Waals surface area (Å²) >= 11 is 0.951. The first-order valence-corrected chi connectivity index (χ1v) is 8.82. The molecule has 2 amide bonds. The molecule has 0 saturated carbocycles. The van der Waals surface area contributed by atoms with Crippen LogP contribution in [0.1, 0.15) is 0 Å². The molecule has 28 heavy (non-hydrogen) atoms. The van der Waals surface area contributed by atoms with Crippen molar-refractivity contribution in [2.45, 2.75) is 5.03 Å². The Kier molecular flexibility index (Phi) is 7.69. The first-order valence-electron chi connectivity index (χ1n) is 7.83. The van der Waals surface area contributed by atoms with Crippen molar-refractivity contribution in [2.75, 3.05) is 24.2 Å². The number of carbonyl (C=O) groups is 3. The quantitative estimate of drug-likeness (QED) is 0.290. The van der Waals surface area contributed by atoms with Crippen molar-refractivity contribution in [2.24, 2.45) is 0 Å². The van der Waals surface area contributed by atoms with Crippen LogP contribution in [0, 0.1) is 16.8 Å². The van der Waals surface area contributed by atoms with E-state index < -0.39 is 42.6 Å². The molecule has 0 aliphatic heterocycles. The van der Waals surface area contributed by atoms with E-state index >= 15 is 0 Å². The maximum absolute atomic E-state index is 13.0. The van der Waals surface area contributed by atoms with Crippen LogP contribution in [-0.2, 0) is 19.1 Å². The van der Waals surface area contributed by atoms with Crippen LogP contribution in [0.5, 0.6) is 0 Å². The molecule has 1 heterocycles. The smallest absolute Gasteiger partial charge is 0.317 e. The molecule has 0 fully saturated rings. The largest absolute Gasteiger partial charge is 0.618 e. The van der Waals surface area contributed by atoms with Crippen LogP contribution < -0.4 is 15.4 Å². The molecular formula is C17H15F2N3O5S. The number of pyridine rings is 1. The summed E-state index contributed by atoms with van der Waals surface area (Å²) in [6.07, 6.45) is 1.28. The van der Waals surface area contributed by atoms with Gasteiger partial charge in [0.25, 0.3) is 10.9 Å². The van der Waals surface area contributed by atoms with E-state index in [1.54, 1.807) is 12.1 Å². The van der Waals surface area contributed by atoms with Gasteiger partial charge in [-0.15, -0.1) is 0 Å². The molecule has 0 aliphatic rings. The van der Waals surface area contributed by atoms with Gasteiger partial charge in [-0.05, 0) is 30.0 Å². The lowest BCUT2D eigenvalue weighted by Gasteiger charge is -2.08. The minimum Gasteiger partial charge on any atom is -0.618 e. The molecule has 1 aromatic carbocycles. The minimum absolute atomic E-state index is 0.0260. The second-order valence-corrected chi connectivity index (χ2v) is 6.26. The summed E-state index contributed by atoms with van der Waals surface area (Å²) in [6, 6.07) is 7.53. The fourth-order valence-corrected chi connectivity index (χ4v) is 2.57. The molecule has 148 valence electrons. The third-order valence-electron chi connectivity index (χ3n) is 3.14. The zero-order valence-electron chi connectivity index (χ0n) is 14.3. The molecule has 2 aromatic rings. The highest BCUT2D eigenvalue weighted by atomic mass is 32.2. The molecule has 0 radical (unpaired) electrons. The van der Waals surface area contributed by atoms with Crippen molar-refractivity contribution < 1.29 is 32.6 Å². The van der Waals surface area contributed by atoms with Crippen molar-refractivity contribution in [3.8, 4) is 0 Å². The summed E-state index contributed by atoms with van der Waals surface area (Å²) in [4.78, 5) is 34.8. The Morgan fingerprint density at radius 1 is 1.11 bits per heavy atom. The number of amides is 2. The molecule has 0 spiro atoms. The molecule has 2 N–H and O–H groups in total. The van der Waals surface area contributed by atoms with Gasteiger partial charge in [-0.2, -0.15) is 4.73 Å². The lowest BCUT2D eigenvalue weighted by molar-refractivity contribution is -0.645. The summed E-state index contributed by atoms with van der Waals surface area (Å²) in [5.41, 5.74) is 0.0260. The van der Waals surface area contributed by atoms with E-state index in [1.165, 1.54) is 12.3 Å². The van der Waals surface area contributed by atoms with Crippen LogP contribution in [0.3, 0.4) is 0 Å². The van der Waals surface area contributed by atoms with Crippen molar-refractivity contribution in [3.05, 3.63) is 59.4 Å². The van der Waals surface area contributed by atoms with E-state index in [0.717, 1.165) is 30.0 Å². The molecular weight excluding hydrogens is 396 g/mol. The fourth-order valence-electron chi connectivity index (χ4n) is 1.85. The van der Waals surface area contributed by atoms with E-state index in [1.807, 2.05) is 0 Å². The number of benzene rings is 1. The highest BCUT2D eigenvalue weighted by molar-refractivity contribution is 7.99. The number of ether oxygens (including phenoxy) is 1. The Hall–Kier alpha value is -3.21. The Morgan fingerprint density at radius 2 is 1.89 bits per heavy atom. The van der Waals surface area contributed by atoms with E-state index in [2.05, 4.69) is 10.6 Å². The predicted octanol–water partition coefficient (Wildman–Crippen LogP) is 0.988. The van der Waals surface area contributed by atoms with E-state index in [0.29, 0.717) is 9.76 Å². The molecule has 0 aliphatic carbocycles. The van der Waals surface area contributed by atoms with Crippen LogP contribution >= 0.6 is 11.8 Å². The minimum atomic E-state index is -1.12. The van der Waals surface area contributed by atoms with Gasteiger partial charge in [0.2, 0.25) is 5.91 Å². The highest BCUT2D eigenvalue weighted by Gasteiger charge is 2.13. The number of nitrogens with one attached hydrogen (secondary N) is 2. The lowest BCUT2D eigenvalue weighted by Crippen LogP contribution is -2.35. The number of esters is 1. The van der Waals surface area contributed by atoms with Crippen LogP contribution in [0.15, 0.2) is 47.6 Å². The van der Waals surface area contributed by atoms with E-state index in [-0.39, 0.29) is 11.4 Å². The Morgan fingerprint density at radius 3 is 2.61 bits per heavy atom. The van der Waals surface area contributed by atoms with Gasteiger partial charge in [-0.3, -0.25) is 14.4 Å². The van der Waals surface area contributed by atoms with E-state index in [4.69, 9.17) is 4.74 Å². The number of hydrogen-bond acceptors (Lipinski definition) is 6. The van der Waals surface area contributed by atoms with Gasteiger partial charge in [0.15, 0.2) is 24.4 Å². The standard InChI is InChI=1S/C17H15F2N3O5S/c18-12-5-4-11(7-13(12)19)21-14(23)8-20-15(24)9-27-17(25)10-28-16-3-1-2-6-22(16)26/h1-7H,8-10H2,(H,20,24)(H,21,23). The number of hydrogen-bond donors (Lipinski definition) is 2. The first kappa shape index (κ1) is 21.1. The lowest BCUT2D eigenvalue weighted by atomic mass is 10.3. The molecule has 11 heteroatoms. The Balaban J connectivity index is 1.66.